The average molecular weight is 244 g/mol. The lowest BCUT2D eigenvalue weighted by atomic mass is 9.96. The van der Waals surface area contributed by atoms with Gasteiger partial charge in [-0.3, -0.25) is 14.4 Å². The van der Waals surface area contributed by atoms with Crippen LogP contribution in [0.15, 0.2) is 0 Å². The van der Waals surface area contributed by atoms with Gasteiger partial charge in [0.25, 0.3) is 0 Å². The zero-order valence-corrected chi connectivity index (χ0v) is 10.1. The SMILES string of the molecule is COC(=O)[C@H]1CC(OC(C)=O)C[C@@H]1C(=O)OC. The minimum Gasteiger partial charge on any atom is -0.469 e. The van der Waals surface area contributed by atoms with Gasteiger partial charge in [-0.15, -0.1) is 0 Å². The van der Waals surface area contributed by atoms with Gasteiger partial charge in [-0.2, -0.15) is 0 Å². The summed E-state index contributed by atoms with van der Waals surface area (Å²) in [5.74, 6) is -2.58. The third-order valence-corrected chi connectivity index (χ3v) is 2.86. The van der Waals surface area contributed by atoms with Crippen LogP contribution < -0.4 is 0 Å². The van der Waals surface area contributed by atoms with Crippen molar-refractivity contribution in [3.63, 3.8) is 0 Å². The summed E-state index contributed by atoms with van der Waals surface area (Å²) in [4.78, 5) is 33.8. The summed E-state index contributed by atoms with van der Waals surface area (Å²) < 4.78 is 14.3. The first-order valence-electron chi connectivity index (χ1n) is 5.32. The first kappa shape index (κ1) is 13.5. The lowest BCUT2D eigenvalue weighted by Gasteiger charge is -2.13. The number of ether oxygens (including phenoxy) is 3. The predicted molar refractivity (Wildman–Crippen MR) is 55.8 cm³/mol. The fraction of sp³-hybridized carbons (Fsp3) is 0.727. The molecule has 96 valence electrons. The largest absolute Gasteiger partial charge is 0.469 e. The second-order valence-electron chi connectivity index (χ2n) is 3.96. The zero-order chi connectivity index (χ0) is 13.0. The van der Waals surface area contributed by atoms with Crippen molar-refractivity contribution >= 4 is 17.9 Å². The minimum atomic E-state index is -0.600. The lowest BCUT2D eigenvalue weighted by Crippen LogP contribution is -2.27. The van der Waals surface area contributed by atoms with Crippen molar-refractivity contribution in [2.24, 2.45) is 11.8 Å². The highest BCUT2D eigenvalue weighted by Crippen LogP contribution is 2.35. The van der Waals surface area contributed by atoms with E-state index < -0.39 is 35.8 Å². The zero-order valence-electron chi connectivity index (χ0n) is 10.1. The van der Waals surface area contributed by atoms with Crippen LogP contribution in [0.5, 0.6) is 0 Å². The Labute approximate surface area is 99.2 Å². The number of esters is 3. The van der Waals surface area contributed by atoms with E-state index in [9.17, 15) is 14.4 Å². The van der Waals surface area contributed by atoms with Crippen LogP contribution in [-0.2, 0) is 28.6 Å². The van der Waals surface area contributed by atoms with Crippen LogP contribution in [0.1, 0.15) is 19.8 Å². The van der Waals surface area contributed by atoms with Gasteiger partial charge >= 0.3 is 17.9 Å². The molecule has 1 saturated carbocycles. The van der Waals surface area contributed by atoms with Crippen molar-refractivity contribution in [3.8, 4) is 0 Å². The maximum absolute atomic E-state index is 11.5. The highest BCUT2D eigenvalue weighted by Gasteiger charge is 2.45. The van der Waals surface area contributed by atoms with Crippen molar-refractivity contribution in [3.05, 3.63) is 0 Å². The highest BCUT2D eigenvalue weighted by molar-refractivity contribution is 5.83. The Hall–Kier alpha value is -1.59. The molecule has 0 spiro atoms. The van der Waals surface area contributed by atoms with Crippen molar-refractivity contribution < 1.29 is 28.6 Å². The molecule has 0 amide bonds. The standard InChI is InChI=1S/C11H16O6/c1-6(12)17-7-4-8(10(13)15-2)9(5-7)11(14)16-3/h7-9H,4-5H2,1-3H3/t8-,9-/m0/s1. The first-order chi connectivity index (χ1) is 7.99. The smallest absolute Gasteiger partial charge is 0.309 e. The van der Waals surface area contributed by atoms with Crippen LogP contribution in [0, 0.1) is 11.8 Å². The van der Waals surface area contributed by atoms with Gasteiger partial charge in [-0.05, 0) is 12.8 Å². The molecule has 6 nitrogen and oxygen atoms in total. The van der Waals surface area contributed by atoms with Gasteiger partial charge < -0.3 is 14.2 Å². The Bertz CT molecular complexity index is 300. The summed E-state index contributed by atoms with van der Waals surface area (Å²) in [5, 5.41) is 0. The second kappa shape index (κ2) is 5.65. The van der Waals surface area contributed by atoms with Crippen LogP contribution in [0.2, 0.25) is 0 Å². The van der Waals surface area contributed by atoms with Crippen molar-refractivity contribution in [2.45, 2.75) is 25.9 Å². The van der Waals surface area contributed by atoms with E-state index in [1.54, 1.807) is 0 Å². The molecule has 6 heteroatoms. The summed E-state index contributed by atoms with van der Waals surface area (Å²) in [6.07, 6.45) is 0.165. The van der Waals surface area contributed by atoms with Crippen LogP contribution in [-0.4, -0.2) is 38.2 Å². The number of rotatable bonds is 3. The Kier molecular flexibility index (Phi) is 4.48. The van der Waals surface area contributed by atoms with Gasteiger partial charge in [0.1, 0.15) is 6.10 Å². The summed E-state index contributed by atoms with van der Waals surface area (Å²) in [6, 6.07) is 0. The molecule has 0 unspecified atom stereocenters. The van der Waals surface area contributed by atoms with E-state index in [0.29, 0.717) is 12.8 Å². The van der Waals surface area contributed by atoms with Gasteiger partial charge in [0.2, 0.25) is 0 Å². The van der Waals surface area contributed by atoms with E-state index in [4.69, 9.17) is 4.74 Å². The maximum atomic E-state index is 11.5. The molecule has 0 aromatic carbocycles. The molecule has 1 aliphatic carbocycles. The van der Waals surface area contributed by atoms with Crippen molar-refractivity contribution in [1.82, 2.24) is 0 Å². The first-order valence-corrected chi connectivity index (χ1v) is 5.32. The second-order valence-corrected chi connectivity index (χ2v) is 3.96. The monoisotopic (exact) mass is 244 g/mol. The average Bonchev–Trinajstić information content (AvgIpc) is 2.69. The van der Waals surface area contributed by atoms with Crippen molar-refractivity contribution in [2.75, 3.05) is 14.2 Å². The summed E-state index contributed by atoms with van der Waals surface area (Å²) in [6.45, 7) is 1.29. The van der Waals surface area contributed by atoms with E-state index in [2.05, 4.69) is 9.47 Å². The Morgan fingerprint density at radius 2 is 1.35 bits per heavy atom. The third-order valence-electron chi connectivity index (χ3n) is 2.86. The predicted octanol–water partition coefficient (Wildman–Crippen LogP) is 0.290. The van der Waals surface area contributed by atoms with Crippen molar-refractivity contribution in [1.29, 1.82) is 0 Å². The van der Waals surface area contributed by atoms with E-state index in [1.807, 2.05) is 0 Å². The molecule has 1 fully saturated rings. The molecular weight excluding hydrogens is 228 g/mol. The van der Waals surface area contributed by atoms with Gasteiger partial charge in [0, 0.05) is 6.92 Å². The molecular formula is C11H16O6. The molecule has 0 heterocycles. The fourth-order valence-electron chi connectivity index (χ4n) is 2.15. The molecule has 0 bridgehead atoms. The minimum absolute atomic E-state index is 0.298. The van der Waals surface area contributed by atoms with Gasteiger partial charge in [-0.25, -0.2) is 0 Å². The molecule has 1 aliphatic rings. The van der Waals surface area contributed by atoms with Crippen LogP contribution in [0.25, 0.3) is 0 Å². The van der Waals surface area contributed by atoms with Gasteiger partial charge in [0.15, 0.2) is 0 Å². The number of carbonyl (C=O) groups is 3. The number of hydrogen-bond acceptors (Lipinski definition) is 6. The van der Waals surface area contributed by atoms with E-state index in [1.165, 1.54) is 21.1 Å². The van der Waals surface area contributed by atoms with Gasteiger partial charge in [0.05, 0.1) is 26.1 Å². The van der Waals surface area contributed by atoms with Crippen LogP contribution in [0.3, 0.4) is 0 Å². The van der Waals surface area contributed by atoms with Gasteiger partial charge in [-0.1, -0.05) is 0 Å². The molecule has 1 rings (SSSR count). The summed E-state index contributed by atoms with van der Waals surface area (Å²) >= 11 is 0. The molecule has 0 aromatic heterocycles. The van der Waals surface area contributed by atoms with E-state index >= 15 is 0 Å². The van der Waals surface area contributed by atoms with E-state index in [-0.39, 0.29) is 0 Å². The topological polar surface area (TPSA) is 78.9 Å². The Balaban J connectivity index is 2.75. The molecule has 0 aliphatic heterocycles. The number of methoxy groups -OCH3 is 2. The number of hydrogen-bond donors (Lipinski definition) is 0. The molecule has 0 radical (unpaired) electrons. The Morgan fingerprint density at radius 3 is 1.65 bits per heavy atom. The highest BCUT2D eigenvalue weighted by atomic mass is 16.5. The molecule has 2 atom stereocenters. The molecule has 0 saturated heterocycles. The third kappa shape index (κ3) is 3.18. The normalized spacial score (nSPS) is 24.2. The summed E-state index contributed by atoms with van der Waals surface area (Å²) in [7, 11) is 2.52. The Morgan fingerprint density at radius 1 is 0.941 bits per heavy atom. The molecule has 17 heavy (non-hydrogen) atoms. The van der Waals surface area contributed by atoms with Crippen LogP contribution >= 0.6 is 0 Å². The quantitative estimate of drug-likeness (QED) is 0.524. The number of carbonyl (C=O) groups excluding carboxylic acids is 3. The molecule has 0 N–H and O–H groups in total. The van der Waals surface area contributed by atoms with E-state index in [0.717, 1.165) is 0 Å². The fourth-order valence-corrected chi connectivity index (χ4v) is 2.15. The van der Waals surface area contributed by atoms with Crippen LogP contribution in [0.4, 0.5) is 0 Å². The maximum Gasteiger partial charge on any atom is 0.309 e. The molecule has 0 aromatic rings. The summed E-state index contributed by atoms with van der Waals surface area (Å²) in [5.41, 5.74) is 0. The lowest BCUT2D eigenvalue weighted by molar-refractivity contribution is -0.156.